The van der Waals surface area contributed by atoms with E-state index in [1.54, 1.807) is 0 Å². The SMILES string of the molecule is CCCCC(CCn1ccnc1)OCc1ccc(Cl)cc1. The maximum Gasteiger partial charge on any atom is 0.0945 e. The third-order valence-corrected chi connectivity index (χ3v) is 3.80. The van der Waals surface area contributed by atoms with E-state index in [1.165, 1.54) is 18.4 Å². The highest BCUT2D eigenvalue weighted by Crippen LogP contribution is 2.15. The quantitative estimate of drug-likeness (QED) is 0.671. The van der Waals surface area contributed by atoms with Crippen molar-refractivity contribution in [3.8, 4) is 0 Å². The van der Waals surface area contributed by atoms with Crippen molar-refractivity contribution >= 4 is 11.6 Å². The Labute approximate surface area is 131 Å². The summed E-state index contributed by atoms with van der Waals surface area (Å²) in [4.78, 5) is 4.07. The third-order valence-electron chi connectivity index (χ3n) is 3.55. The largest absolute Gasteiger partial charge is 0.373 e. The molecule has 0 saturated heterocycles. The standard InChI is InChI=1S/C17H23ClN2O/c1-2-3-4-17(9-11-20-12-10-19-14-20)21-13-15-5-7-16(18)8-6-15/h5-8,10,12,14,17H,2-4,9,11,13H2,1H3. The number of aromatic nitrogens is 2. The Morgan fingerprint density at radius 2 is 2.05 bits per heavy atom. The molecule has 0 radical (unpaired) electrons. The van der Waals surface area contributed by atoms with Crippen molar-refractivity contribution in [3.63, 3.8) is 0 Å². The van der Waals surface area contributed by atoms with Crippen LogP contribution in [0.15, 0.2) is 43.0 Å². The number of benzene rings is 1. The van der Waals surface area contributed by atoms with Gasteiger partial charge in [0.1, 0.15) is 0 Å². The zero-order valence-electron chi connectivity index (χ0n) is 12.5. The number of unbranched alkanes of at least 4 members (excludes halogenated alkanes) is 1. The van der Waals surface area contributed by atoms with Crippen LogP contribution in [0.2, 0.25) is 5.02 Å². The molecule has 4 heteroatoms. The number of hydrogen-bond donors (Lipinski definition) is 0. The van der Waals surface area contributed by atoms with Gasteiger partial charge in [-0.05, 0) is 30.5 Å². The summed E-state index contributed by atoms with van der Waals surface area (Å²) in [5, 5.41) is 0.765. The summed E-state index contributed by atoms with van der Waals surface area (Å²) in [6.07, 6.45) is 10.5. The molecule has 0 N–H and O–H groups in total. The molecule has 3 nitrogen and oxygen atoms in total. The second-order valence-corrected chi connectivity index (χ2v) is 5.73. The smallest absolute Gasteiger partial charge is 0.0945 e. The van der Waals surface area contributed by atoms with Gasteiger partial charge in [-0.1, -0.05) is 43.5 Å². The van der Waals surface area contributed by atoms with Gasteiger partial charge in [-0.3, -0.25) is 0 Å². The zero-order valence-corrected chi connectivity index (χ0v) is 13.3. The molecular weight excluding hydrogens is 284 g/mol. The van der Waals surface area contributed by atoms with Crippen LogP contribution < -0.4 is 0 Å². The van der Waals surface area contributed by atoms with Gasteiger partial charge in [-0.15, -0.1) is 0 Å². The van der Waals surface area contributed by atoms with E-state index >= 15 is 0 Å². The highest BCUT2D eigenvalue weighted by molar-refractivity contribution is 6.30. The van der Waals surface area contributed by atoms with Gasteiger partial charge < -0.3 is 9.30 Å². The van der Waals surface area contributed by atoms with E-state index in [-0.39, 0.29) is 0 Å². The van der Waals surface area contributed by atoms with Gasteiger partial charge in [0.2, 0.25) is 0 Å². The van der Waals surface area contributed by atoms with Crippen molar-refractivity contribution < 1.29 is 4.74 Å². The average Bonchev–Trinajstić information content (AvgIpc) is 3.01. The van der Waals surface area contributed by atoms with Gasteiger partial charge in [0.25, 0.3) is 0 Å². The molecule has 0 aliphatic heterocycles. The van der Waals surface area contributed by atoms with Crippen molar-refractivity contribution in [2.75, 3.05) is 0 Å². The lowest BCUT2D eigenvalue weighted by Gasteiger charge is -2.18. The van der Waals surface area contributed by atoms with E-state index in [0.29, 0.717) is 12.7 Å². The van der Waals surface area contributed by atoms with Gasteiger partial charge in [0.15, 0.2) is 0 Å². The van der Waals surface area contributed by atoms with Crippen LogP contribution in [0.4, 0.5) is 0 Å². The van der Waals surface area contributed by atoms with E-state index in [9.17, 15) is 0 Å². The summed E-state index contributed by atoms with van der Waals surface area (Å²) in [5.41, 5.74) is 1.17. The number of aryl methyl sites for hydroxylation is 1. The summed E-state index contributed by atoms with van der Waals surface area (Å²) in [6.45, 7) is 3.82. The second-order valence-electron chi connectivity index (χ2n) is 5.29. The summed E-state index contributed by atoms with van der Waals surface area (Å²) < 4.78 is 8.19. The molecule has 1 aromatic heterocycles. The minimum absolute atomic E-state index is 0.294. The molecule has 2 aromatic rings. The van der Waals surface area contributed by atoms with Gasteiger partial charge in [-0.25, -0.2) is 4.98 Å². The van der Waals surface area contributed by atoms with Crippen molar-refractivity contribution in [2.24, 2.45) is 0 Å². The summed E-state index contributed by atoms with van der Waals surface area (Å²) in [6, 6.07) is 7.86. The number of hydrogen-bond acceptors (Lipinski definition) is 2. The first kappa shape index (κ1) is 16.1. The predicted molar refractivity (Wildman–Crippen MR) is 86.4 cm³/mol. The van der Waals surface area contributed by atoms with Crippen LogP contribution in [0.25, 0.3) is 0 Å². The fourth-order valence-electron chi connectivity index (χ4n) is 2.25. The fraction of sp³-hybridized carbons (Fsp3) is 0.471. The van der Waals surface area contributed by atoms with Crippen molar-refractivity contribution in [3.05, 3.63) is 53.6 Å². The van der Waals surface area contributed by atoms with E-state index in [1.807, 2.05) is 43.0 Å². The first-order chi connectivity index (χ1) is 10.3. The average molecular weight is 307 g/mol. The molecule has 1 unspecified atom stereocenters. The van der Waals surface area contributed by atoms with Gasteiger partial charge >= 0.3 is 0 Å². The second kappa shape index (κ2) is 8.85. The third kappa shape index (κ3) is 5.90. The normalized spacial score (nSPS) is 12.5. The molecule has 0 saturated carbocycles. The van der Waals surface area contributed by atoms with Gasteiger partial charge in [0.05, 0.1) is 19.0 Å². The number of halogens is 1. The molecule has 1 aromatic carbocycles. The topological polar surface area (TPSA) is 27.1 Å². The Morgan fingerprint density at radius 1 is 1.24 bits per heavy atom. The molecule has 21 heavy (non-hydrogen) atoms. The molecule has 1 heterocycles. The number of ether oxygens (including phenoxy) is 1. The molecule has 0 aliphatic rings. The Bertz CT molecular complexity index is 496. The molecule has 2 rings (SSSR count). The molecule has 0 amide bonds. The van der Waals surface area contributed by atoms with Crippen molar-refractivity contribution in [2.45, 2.75) is 51.9 Å². The van der Waals surface area contributed by atoms with Crippen LogP contribution in [0.1, 0.15) is 38.2 Å². The van der Waals surface area contributed by atoms with Gasteiger partial charge in [0, 0.05) is 24.0 Å². The predicted octanol–water partition coefficient (Wildman–Crippen LogP) is 4.70. The lowest BCUT2D eigenvalue weighted by Crippen LogP contribution is -2.15. The fourth-order valence-corrected chi connectivity index (χ4v) is 2.38. The van der Waals surface area contributed by atoms with E-state index in [0.717, 1.165) is 24.4 Å². The molecule has 1 atom stereocenters. The minimum atomic E-state index is 0.294. The maximum atomic E-state index is 6.09. The van der Waals surface area contributed by atoms with Crippen LogP contribution in [0, 0.1) is 0 Å². The maximum absolute atomic E-state index is 6.09. The van der Waals surface area contributed by atoms with Crippen molar-refractivity contribution in [1.82, 2.24) is 9.55 Å². The van der Waals surface area contributed by atoms with Crippen LogP contribution in [-0.4, -0.2) is 15.7 Å². The summed E-state index contributed by atoms with van der Waals surface area (Å²) in [5.74, 6) is 0. The molecule has 0 bridgehead atoms. The molecule has 0 spiro atoms. The highest BCUT2D eigenvalue weighted by atomic mass is 35.5. The minimum Gasteiger partial charge on any atom is -0.373 e. The zero-order chi connectivity index (χ0) is 14.9. The van der Waals surface area contributed by atoms with Gasteiger partial charge in [-0.2, -0.15) is 0 Å². The molecule has 0 aliphatic carbocycles. The Kier molecular flexibility index (Phi) is 6.77. The molecule has 0 fully saturated rings. The first-order valence-electron chi connectivity index (χ1n) is 7.59. The summed E-state index contributed by atoms with van der Waals surface area (Å²) >= 11 is 5.90. The van der Waals surface area contributed by atoms with Crippen LogP contribution in [0.5, 0.6) is 0 Å². The van der Waals surface area contributed by atoms with E-state index < -0.39 is 0 Å². The lowest BCUT2D eigenvalue weighted by molar-refractivity contribution is 0.0253. The summed E-state index contributed by atoms with van der Waals surface area (Å²) in [7, 11) is 0. The molecular formula is C17H23ClN2O. The van der Waals surface area contributed by atoms with Crippen LogP contribution >= 0.6 is 11.6 Å². The van der Waals surface area contributed by atoms with Crippen LogP contribution in [-0.2, 0) is 17.9 Å². The number of nitrogens with zero attached hydrogens (tertiary/aromatic N) is 2. The molecule has 114 valence electrons. The van der Waals surface area contributed by atoms with E-state index in [2.05, 4.69) is 16.5 Å². The monoisotopic (exact) mass is 306 g/mol. The Morgan fingerprint density at radius 3 is 2.71 bits per heavy atom. The first-order valence-corrected chi connectivity index (χ1v) is 7.97. The Hall–Kier alpha value is -1.32. The van der Waals surface area contributed by atoms with E-state index in [4.69, 9.17) is 16.3 Å². The van der Waals surface area contributed by atoms with Crippen molar-refractivity contribution in [1.29, 1.82) is 0 Å². The number of rotatable bonds is 9. The Balaban J connectivity index is 1.81. The van der Waals surface area contributed by atoms with Crippen LogP contribution in [0.3, 0.4) is 0 Å². The highest BCUT2D eigenvalue weighted by Gasteiger charge is 2.09. The lowest BCUT2D eigenvalue weighted by atomic mass is 10.1. The number of imidazole rings is 1.